The molecule has 3 rings (SSSR count). The maximum Gasteiger partial charge on any atom is 0.460 e. The molecule has 1 saturated heterocycles. The first-order valence-corrected chi connectivity index (χ1v) is 13.7. The molecule has 2 aliphatic rings. The maximum absolute atomic E-state index is 14.5. The second-order valence-electron chi connectivity index (χ2n) is 11.5. The molecule has 0 saturated carbocycles. The molecule has 1 aromatic carbocycles. The van der Waals surface area contributed by atoms with Crippen LogP contribution in [0.4, 0.5) is 92.2 Å². The number of hydrogen-bond acceptors (Lipinski definition) is 2. The number of hydrogen-bond donors (Lipinski definition) is 0. The minimum atomic E-state index is -9.29. The average molecular weight is 790 g/mol. The summed E-state index contributed by atoms with van der Waals surface area (Å²) in [5.41, 5.74) is 1.56. The lowest BCUT2D eigenvalue weighted by Gasteiger charge is -2.44. The van der Waals surface area contributed by atoms with Crippen molar-refractivity contribution >= 4 is 11.8 Å². The van der Waals surface area contributed by atoms with Crippen LogP contribution in [0.2, 0.25) is 0 Å². The van der Waals surface area contributed by atoms with Gasteiger partial charge in [0.05, 0.1) is 0 Å². The van der Waals surface area contributed by atoms with Gasteiger partial charge < -0.3 is 9.80 Å². The summed E-state index contributed by atoms with van der Waals surface area (Å²) >= 11 is 0. The third-order valence-electron chi connectivity index (χ3n) is 8.35. The second-order valence-corrected chi connectivity index (χ2v) is 11.5. The second kappa shape index (κ2) is 12.4. The number of carbonyl (C=O) groups is 2. The molecule has 0 spiro atoms. The van der Waals surface area contributed by atoms with Crippen LogP contribution in [0.3, 0.4) is 0 Å². The topological polar surface area (TPSA) is 40.6 Å². The Morgan fingerprint density at radius 1 is 0.490 bits per heavy atom. The Kier molecular flexibility index (Phi) is 10.2. The Bertz CT molecular complexity index is 1480. The molecule has 0 aromatic heterocycles. The third-order valence-corrected chi connectivity index (χ3v) is 8.35. The minimum Gasteiger partial charge on any atom is -0.338 e. The lowest BCUT2D eigenvalue weighted by atomic mass is 9.86. The molecule has 292 valence electrons. The van der Waals surface area contributed by atoms with Crippen LogP contribution in [0.25, 0.3) is 0 Å². The molecule has 0 radical (unpaired) electrons. The summed E-state index contributed by atoms with van der Waals surface area (Å²) in [6.07, 6.45) is -9.08. The van der Waals surface area contributed by atoms with Crippen LogP contribution in [-0.4, -0.2) is 101 Å². The van der Waals surface area contributed by atoms with Gasteiger partial charge in [0.2, 0.25) is 5.91 Å². The quantitative estimate of drug-likeness (QED) is 0.225. The van der Waals surface area contributed by atoms with E-state index >= 15 is 0 Å². The van der Waals surface area contributed by atoms with E-state index in [9.17, 15) is 102 Å². The summed E-state index contributed by atoms with van der Waals surface area (Å²) in [5, 5.41) is 0. The zero-order chi connectivity index (χ0) is 39.8. The van der Waals surface area contributed by atoms with Gasteiger partial charge in [-0.15, -0.1) is 0 Å². The highest BCUT2D eigenvalue weighted by Crippen LogP contribution is 2.66. The van der Waals surface area contributed by atoms with E-state index in [1.807, 2.05) is 0 Å². The highest BCUT2D eigenvalue weighted by atomic mass is 19.4. The zero-order valence-electron chi connectivity index (χ0n) is 24.5. The van der Waals surface area contributed by atoms with Crippen molar-refractivity contribution in [2.75, 3.05) is 19.6 Å². The van der Waals surface area contributed by atoms with Crippen molar-refractivity contribution in [2.24, 2.45) is 5.92 Å². The van der Waals surface area contributed by atoms with E-state index in [4.69, 9.17) is 0 Å². The molecule has 1 fully saturated rings. The van der Waals surface area contributed by atoms with Gasteiger partial charge in [-0.2, -0.15) is 92.2 Å². The first-order valence-electron chi connectivity index (χ1n) is 13.7. The molecule has 2 heterocycles. The van der Waals surface area contributed by atoms with E-state index in [1.165, 1.54) is 4.90 Å². The van der Waals surface area contributed by atoms with Gasteiger partial charge in [0, 0.05) is 32.1 Å². The number of likely N-dealkylation sites (tertiary alicyclic amines) is 1. The predicted molar refractivity (Wildman–Crippen MR) is 125 cm³/mol. The van der Waals surface area contributed by atoms with Gasteiger partial charge in [0.1, 0.15) is 0 Å². The number of carbonyl (C=O) groups excluding carboxylic acids is 2. The number of halogens is 21. The van der Waals surface area contributed by atoms with Gasteiger partial charge >= 0.3 is 59.5 Å². The average Bonchev–Trinajstić information content (AvgIpc) is 3.02. The first-order chi connectivity index (χ1) is 22.6. The maximum atomic E-state index is 14.5. The Morgan fingerprint density at radius 2 is 0.863 bits per heavy atom. The van der Waals surface area contributed by atoms with Crippen molar-refractivity contribution in [1.82, 2.24) is 9.80 Å². The number of piperidine rings is 1. The Balaban J connectivity index is 1.86. The van der Waals surface area contributed by atoms with Crippen molar-refractivity contribution in [1.29, 1.82) is 0 Å². The van der Waals surface area contributed by atoms with Gasteiger partial charge in [0.25, 0.3) is 5.91 Å². The van der Waals surface area contributed by atoms with Crippen molar-refractivity contribution < 1.29 is 102 Å². The van der Waals surface area contributed by atoms with Crippen molar-refractivity contribution in [3.63, 3.8) is 0 Å². The summed E-state index contributed by atoms with van der Waals surface area (Å²) in [4.78, 5) is 25.9. The molecular weight excluding hydrogens is 771 g/mol. The Labute approximate surface area is 270 Å². The van der Waals surface area contributed by atoms with Gasteiger partial charge in [-0.1, -0.05) is 24.3 Å². The minimum absolute atomic E-state index is 0.0414. The highest BCUT2D eigenvalue weighted by molar-refractivity contribution is 5.86. The Hall–Kier alpha value is -3.31. The van der Waals surface area contributed by atoms with Crippen LogP contribution in [0, 0.1) is 5.92 Å². The van der Waals surface area contributed by atoms with Gasteiger partial charge in [-0.25, -0.2) is 0 Å². The van der Waals surface area contributed by atoms with Gasteiger partial charge in [0.15, 0.2) is 0 Å². The lowest BCUT2D eigenvalue weighted by Crippen LogP contribution is -2.77. The lowest BCUT2D eigenvalue weighted by molar-refractivity contribution is -0.473. The standard InChI is InChI=1S/C26H19F21N2O2/c27-17(28,16(51)48-8-6-13(7-9-48)15(50)49-10-5-12-3-1-2-4-14(12)11-49)18(29,30)19(31,32)20(33,34)21(35,36)22(37,38)23(39,40)24(41,42)25(43,44)26(45,46)47/h1-4,13H,5-11H2. The van der Waals surface area contributed by atoms with Crippen molar-refractivity contribution in [3.05, 3.63) is 35.4 Å². The monoisotopic (exact) mass is 790 g/mol. The molecular formula is C26H19F21N2O2. The van der Waals surface area contributed by atoms with E-state index in [0.29, 0.717) is 12.0 Å². The van der Waals surface area contributed by atoms with Crippen LogP contribution < -0.4 is 0 Å². The van der Waals surface area contributed by atoms with Gasteiger partial charge in [-0.3, -0.25) is 9.59 Å². The van der Waals surface area contributed by atoms with Crippen LogP contribution in [0.15, 0.2) is 24.3 Å². The van der Waals surface area contributed by atoms with E-state index < -0.39 is 108 Å². The molecule has 0 unspecified atom stereocenters. The van der Waals surface area contributed by atoms with Crippen molar-refractivity contribution in [2.45, 2.75) is 85.3 Å². The molecule has 0 N–H and O–H groups in total. The smallest absolute Gasteiger partial charge is 0.338 e. The third kappa shape index (κ3) is 5.90. The normalized spacial score (nSPS) is 18.5. The largest absolute Gasteiger partial charge is 0.460 e. The Morgan fingerprint density at radius 3 is 1.27 bits per heavy atom. The highest BCUT2D eigenvalue weighted by Gasteiger charge is 2.98. The number of benzene rings is 1. The molecule has 2 aliphatic heterocycles. The molecule has 25 heteroatoms. The van der Waals surface area contributed by atoms with Crippen LogP contribution in [0.1, 0.15) is 24.0 Å². The molecule has 2 amide bonds. The number of alkyl halides is 21. The van der Waals surface area contributed by atoms with E-state index in [1.54, 1.807) is 24.3 Å². The molecule has 0 atom stereocenters. The number of amides is 2. The van der Waals surface area contributed by atoms with E-state index in [0.717, 1.165) is 5.56 Å². The van der Waals surface area contributed by atoms with E-state index in [2.05, 4.69) is 0 Å². The SMILES string of the molecule is O=C(C1CCN(C(=O)C(F)(F)C(F)(F)C(F)(F)C(F)(F)C(F)(F)C(F)(F)C(F)(F)C(F)(F)C(F)(F)C(F)(F)F)CC1)N1CCc2ccccc2C1. The number of rotatable bonds is 10. The molecule has 0 bridgehead atoms. The zero-order valence-corrected chi connectivity index (χ0v) is 24.5. The summed E-state index contributed by atoms with van der Waals surface area (Å²) < 4.78 is 287. The van der Waals surface area contributed by atoms with Crippen LogP contribution >= 0.6 is 0 Å². The summed E-state index contributed by atoms with van der Waals surface area (Å²) in [6.45, 7) is -2.26. The fraction of sp³-hybridized carbons (Fsp3) is 0.692. The van der Waals surface area contributed by atoms with E-state index in [-0.39, 0.29) is 13.1 Å². The fourth-order valence-electron chi connectivity index (χ4n) is 5.16. The molecule has 51 heavy (non-hydrogen) atoms. The number of fused-ring (bicyclic) bond motifs is 1. The summed E-state index contributed by atoms with van der Waals surface area (Å²) in [5.74, 6) is -84.4. The first kappa shape index (κ1) is 42.1. The predicted octanol–water partition coefficient (Wildman–Crippen LogP) is 8.09. The fourth-order valence-corrected chi connectivity index (χ4v) is 5.16. The molecule has 1 aromatic rings. The summed E-state index contributed by atoms with van der Waals surface area (Å²) in [6, 6.07) is 6.73. The van der Waals surface area contributed by atoms with Gasteiger partial charge in [-0.05, 0) is 30.4 Å². The molecule has 4 nitrogen and oxygen atoms in total. The summed E-state index contributed by atoms with van der Waals surface area (Å²) in [7, 11) is 0. The van der Waals surface area contributed by atoms with Crippen molar-refractivity contribution in [3.8, 4) is 0 Å². The van der Waals surface area contributed by atoms with Crippen LogP contribution in [0.5, 0.6) is 0 Å². The molecule has 0 aliphatic carbocycles. The van der Waals surface area contributed by atoms with Crippen LogP contribution in [-0.2, 0) is 22.6 Å². The number of nitrogens with zero attached hydrogens (tertiary/aromatic N) is 2.